The Morgan fingerprint density at radius 3 is 2.45 bits per heavy atom. The number of carbonyl (C=O) groups is 2. The van der Waals surface area contributed by atoms with Crippen LogP contribution in [0.3, 0.4) is 0 Å². The summed E-state index contributed by atoms with van der Waals surface area (Å²) in [5.74, 6) is -0.0435. The van der Waals surface area contributed by atoms with Gasteiger partial charge in [-0.25, -0.2) is 9.97 Å². The number of benzene rings is 3. The molecule has 0 aliphatic carbocycles. The van der Waals surface area contributed by atoms with Gasteiger partial charge in [-0.05, 0) is 59.9 Å². The first kappa shape index (κ1) is 31.1. The van der Waals surface area contributed by atoms with Crippen molar-refractivity contribution in [2.75, 3.05) is 23.3 Å². The van der Waals surface area contributed by atoms with Gasteiger partial charge in [0, 0.05) is 42.7 Å². The molecule has 3 aromatic carbocycles. The number of amides is 2. The highest BCUT2D eigenvalue weighted by Gasteiger charge is 2.31. The van der Waals surface area contributed by atoms with E-state index in [0.29, 0.717) is 34.6 Å². The maximum absolute atomic E-state index is 13.3. The molecule has 12 heteroatoms. The van der Waals surface area contributed by atoms with Crippen LogP contribution in [0.25, 0.3) is 22.3 Å². The van der Waals surface area contributed by atoms with Gasteiger partial charge >= 0.3 is 6.36 Å². The minimum Gasteiger partial charge on any atom is -0.406 e. The molecule has 1 aliphatic rings. The first-order valence-corrected chi connectivity index (χ1v) is 14.4. The van der Waals surface area contributed by atoms with Crippen molar-refractivity contribution in [3.05, 3.63) is 76.8 Å². The lowest BCUT2D eigenvalue weighted by atomic mass is 9.92. The molecule has 1 fully saturated rings. The van der Waals surface area contributed by atoms with Gasteiger partial charge in [0.2, 0.25) is 5.91 Å². The van der Waals surface area contributed by atoms with E-state index < -0.39 is 12.3 Å². The fourth-order valence-corrected chi connectivity index (χ4v) is 4.92. The smallest absolute Gasteiger partial charge is 0.406 e. The minimum absolute atomic E-state index is 0.0897. The van der Waals surface area contributed by atoms with E-state index in [0.717, 1.165) is 24.9 Å². The van der Waals surface area contributed by atoms with Crippen molar-refractivity contribution < 1.29 is 27.5 Å². The Balaban J connectivity index is 1.41. The number of nitrogens with zero attached hydrogens (tertiary/aromatic N) is 3. The number of alkyl halides is 3. The van der Waals surface area contributed by atoms with E-state index in [1.54, 1.807) is 42.5 Å². The second-order valence-electron chi connectivity index (χ2n) is 11.8. The van der Waals surface area contributed by atoms with Crippen molar-refractivity contribution in [2.24, 2.45) is 5.41 Å². The molecular weight excluding hydrogens is 595 g/mol. The lowest BCUT2D eigenvalue weighted by Crippen LogP contribution is -2.37. The number of hydrogen-bond donors (Lipinski definition) is 2. The molecule has 0 bridgehead atoms. The molecule has 1 aliphatic heterocycles. The number of aromatic nitrogens is 2. The number of carbonyl (C=O) groups excluding carboxylic acids is 2. The second kappa shape index (κ2) is 12.3. The van der Waals surface area contributed by atoms with Crippen molar-refractivity contribution in [1.29, 1.82) is 0 Å². The summed E-state index contributed by atoms with van der Waals surface area (Å²) < 4.78 is 42.6. The molecule has 0 radical (unpaired) electrons. The minimum atomic E-state index is -4.83. The molecule has 0 saturated carbocycles. The summed E-state index contributed by atoms with van der Waals surface area (Å²) in [5.41, 5.74) is 2.09. The lowest BCUT2D eigenvalue weighted by molar-refractivity contribution is -0.274. The van der Waals surface area contributed by atoms with E-state index in [4.69, 9.17) is 11.6 Å². The molecule has 0 spiro atoms. The molecule has 1 aromatic heterocycles. The van der Waals surface area contributed by atoms with Gasteiger partial charge in [0.15, 0.2) is 5.82 Å². The quantitative estimate of drug-likeness (QED) is 0.212. The Hall–Kier alpha value is -4.38. The van der Waals surface area contributed by atoms with Crippen LogP contribution in [-0.2, 0) is 11.3 Å². The predicted octanol–water partition coefficient (Wildman–Crippen LogP) is 7.36. The Bertz CT molecular complexity index is 1720. The van der Waals surface area contributed by atoms with Crippen LogP contribution >= 0.6 is 11.6 Å². The molecule has 2 amide bonds. The van der Waals surface area contributed by atoms with Gasteiger partial charge in [-0.1, -0.05) is 50.6 Å². The van der Waals surface area contributed by atoms with Crippen LogP contribution in [0.1, 0.15) is 49.5 Å². The number of rotatable bonds is 8. The number of halogens is 4. The SMILES string of the molecule is CC(C)(C)CC(=O)NCc1ccc(Cl)c(C(=O)Nc2ccc3c(N4CCC4)nc(-c4cccc(OC(F)(F)F)c4)nc3c2)c1. The monoisotopic (exact) mass is 625 g/mol. The van der Waals surface area contributed by atoms with Crippen molar-refractivity contribution in [3.8, 4) is 17.1 Å². The topological polar surface area (TPSA) is 96.5 Å². The predicted molar refractivity (Wildman–Crippen MR) is 164 cm³/mol. The molecule has 4 aromatic rings. The number of fused-ring (bicyclic) bond motifs is 1. The Morgan fingerprint density at radius 2 is 1.77 bits per heavy atom. The summed E-state index contributed by atoms with van der Waals surface area (Å²) in [4.78, 5) is 36.9. The molecule has 230 valence electrons. The third-order valence-electron chi connectivity index (χ3n) is 6.87. The standard InChI is InChI=1S/C32H31ClF3N5O3/c1-31(2,3)17-27(42)37-18-19-8-11-25(33)24(14-19)30(43)38-21-9-10-23-26(16-21)39-28(40-29(23)41-12-5-13-41)20-6-4-7-22(15-20)44-32(34,35)36/h4,6-11,14-16H,5,12-13,17-18H2,1-3H3,(H,37,42)(H,38,43). The third kappa shape index (κ3) is 7.76. The van der Waals surface area contributed by atoms with Crippen LogP contribution in [0.2, 0.25) is 5.02 Å². The fourth-order valence-electron chi connectivity index (χ4n) is 4.72. The third-order valence-corrected chi connectivity index (χ3v) is 7.20. The van der Waals surface area contributed by atoms with E-state index in [1.165, 1.54) is 18.2 Å². The van der Waals surface area contributed by atoms with E-state index in [9.17, 15) is 22.8 Å². The van der Waals surface area contributed by atoms with E-state index in [-0.39, 0.29) is 40.0 Å². The summed E-state index contributed by atoms with van der Waals surface area (Å²) in [6, 6.07) is 15.7. The molecule has 0 unspecified atom stereocenters. The Kier molecular flexibility index (Phi) is 8.69. The van der Waals surface area contributed by atoms with Crippen molar-refractivity contribution in [1.82, 2.24) is 15.3 Å². The van der Waals surface area contributed by atoms with Crippen LogP contribution in [0.5, 0.6) is 5.75 Å². The van der Waals surface area contributed by atoms with E-state index >= 15 is 0 Å². The average Bonchev–Trinajstić information content (AvgIpc) is 2.89. The highest BCUT2D eigenvalue weighted by molar-refractivity contribution is 6.34. The maximum Gasteiger partial charge on any atom is 0.573 e. The van der Waals surface area contributed by atoms with Gasteiger partial charge in [0.05, 0.1) is 16.1 Å². The van der Waals surface area contributed by atoms with Gasteiger partial charge in [0.25, 0.3) is 5.91 Å². The normalized spacial score (nSPS) is 13.4. The summed E-state index contributed by atoms with van der Waals surface area (Å²) in [5, 5.41) is 6.71. The maximum atomic E-state index is 13.3. The van der Waals surface area contributed by atoms with Crippen molar-refractivity contribution in [3.63, 3.8) is 0 Å². The van der Waals surface area contributed by atoms with Crippen LogP contribution in [0, 0.1) is 5.41 Å². The summed E-state index contributed by atoms with van der Waals surface area (Å²) in [6.45, 7) is 7.76. The first-order valence-electron chi connectivity index (χ1n) is 14.0. The van der Waals surface area contributed by atoms with Crippen molar-refractivity contribution >= 4 is 45.8 Å². The zero-order chi connectivity index (χ0) is 31.6. The highest BCUT2D eigenvalue weighted by Crippen LogP contribution is 2.33. The largest absolute Gasteiger partial charge is 0.573 e. The Labute approximate surface area is 257 Å². The fraction of sp³-hybridized carbons (Fsp3) is 0.312. The molecule has 8 nitrogen and oxygen atoms in total. The molecule has 1 saturated heterocycles. The molecule has 2 N–H and O–H groups in total. The first-order chi connectivity index (χ1) is 20.7. The molecule has 0 atom stereocenters. The van der Waals surface area contributed by atoms with Crippen LogP contribution in [0.15, 0.2) is 60.7 Å². The van der Waals surface area contributed by atoms with Crippen LogP contribution < -0.4 is 20.3 Å². The number of anilines is 2. The van der Waals surface area contributed by atoms with Gasteiger partial charge in [-0.3, -0.25) is 9.59 Å². The van der Waals surface area contributed by atoms with Gasteiger partial charge in [-0.2, -0.15) is 0 Å². The van der Waals surface area contributed by atoms with Gasteiger partial charge in [0.1, 0.15) is 11.6 Å². The second-order valence-corrected chi connectivity index (χ2v) is 12.2. The summed E-state index contributed by atoms with van der Waals surface area (Å²) in [6.07, 6.45) is -3.47. The van der Waals surface area contributed by atoms with E-state index in [2.05, 4.69) is 30.2 Å². The summed E-state index contributed by atoms with van der Waals surface area (Å²) in [7, 11) is 0. The zero-order valence-corrected chi connectivity index (χ0v) is 25.1. The molecule has 5 rings (SSSR count). The number of ether oxygens (including phenoxy) is 1. The van der Waals surface area contributed by atoms with Gasteiger partial charge in [-0.15, -0.1) is 13.2 Å². The molecule has 2 heterocycles. The number of nitrogens with one attached hydrogen (secondary N) is 2. The molecule has 44 heavy (non-hydrogen) atoms. The van der Waals surface area contributed by atoms with Crippen LogP contribution in [0.4, 0.5) is 24.7 Å². The Morgan fingerprint density at radius 1 is 1.00 bits per heavy atom. The summed E-state index contributed by atoms with van der Waals surface area (Å²) >= 11 is 6.37. The van der Waals surface area contributed by atoms with Crippen molar-refractivity contribution in [2.45, 2.75) is 46.5 Å². The lowest BCUT2D eigenvalue weighted by Gasteiger charge is -2.33. The molecular formula is C32H31ClF3N5O3. The zero-order valence-electron chi connectivity index (χ0n) is 24.4. The highest BCUT2D eigenvalue weighted by atomic mass is 35.5. The number of hydrogen-bond acceptors (Lipinski definition) is 6. The van der Waals surface area contributed by atoms with Crippen LogP contribution in [-0.4, -0.2) is 41.2 Å². The van der Waals surface area contributed by atoms with Gasteiger partial charge < -0.3 is 20.3 Å². The average molecular weight is 626 g/mol. The van der Waals surface area contributed by atoms with E-state index in [1.807, 2.05) is 20.8 Å².